The Morgan fingerprint density at radius 3 is 2.39 bits per heavy atom. The van der Waals surface area contributed by atoms with Crippen molar-refractivity contribution in [2.24, 2.45) is 0 Å². The van der Waals surface area contributed by atoms with Crippen LogP contribution in [0.15, 0.2) is 30.5 Å². The number of halogens is 3. The Hall–Kier alpha value is -2.31. The van der Waals surface area contributed by atoms with Gasteiger partial charge in [0.1, 0.15) is 5.56 Å². The smallest absolute Gasteiger partial charge is 0.421 e. The molecule has 0 aliphatic carbocycles. The molecule has 1 heterocycles. The van der Waals surface area contributed by atoms with E-state index >= 15 is 0 Å². The minimum atomic E-state index is -4.55. The van der Waals surface area contributed by atoms with Crippen molar-refractivity contribution in [3.63, 3.8) is 0 Å². The van der Waals surface area contributed by atoms with Gasteiger partial charge in [-0.2, -0.15) is 18.2 Å². The Morgan fingerprint density at radius 2 is 1.83 bits per heavy atom. The van der Waals surface area contributed by atoms with Gasteiger partial charge in [-0.25, -0.2) is 4.98 Å². The molecule has 1 aromatic carbocycles. The number of alkyl halides is 3. The zero-order valence-electron chi connectivity index (χ0n) is 13.3. The standard InChI is InChI=1S/C16H18F3N3O/c1-10(2)11-7-5-6-8-13(11)22(3)14-12(16(17,18)19)9-20-15(21-14)23-4/h5-10H,1-4H3. The van der Waals surface area contributed by atoms with Gasteiger partial charge in [0.05, 0.1) is 7.11 Å². The van der Waals surface area contributed by atoms with Gasteiger partial charge in [-0.05, 0) is 17.5 Å². The van der Waals surface area contributed by atoms with Crippen LogP contribution in [0.5, 0.6) is 6.01 Å². The molecule has 0 radical (unpaired) electrons. The van der Waals surface area contributed by atoms with Gasteiger partial charge >= 0.3 is 12.2 Å². The lowest BCUT2D eigenvalue weighted by atomic mass is 10.0. The van der Waals surface area contributed by atoms with E-state index in [1.54, 1.807) is 19.2 Å². The lowest BCUT2D eigenvalue weighted by molar-refractivity contribution is -0.137. The zero-order valence-corrected chi connectivity index (χ0v) is 13.3. The molecule has 0 aliphatic heterocycles. The van der Waals surface area contributed by atoms with Crippen LogP contribution in [-0.4, -0.2) is 24.1 Å². The molecule has 0 N–H and O–H groups in total. The van der Waals surface area contributed by atoms with Crippen molar-refractivity contribution >= 4 is 11.5 Å². The molecule has 2 aromatic rings. The summed E-state index contributed by atoms with van der Waals surface area (Å²) in [6.45, 7) is 3.97. The lowest BCUT2D eigenvalue weighted by Crippen LogP contribution is -2.20. The van der Waals surface area contributed by atoms with Crippen LogP contribution >= 0.6 is 0 Å². The monoisotopic (exact) mass is 325 g/mol. The maximum atomic E-state index is 13.3. The van der Waals surface area contributed by atoms with E-state index in [4.69, 9.17) is 4.74 Å². The van der Waals surface area contributed by atoms with Gasteiger partial charge in [-0.15, -0.1) is 0 Å². The average Bonchev–Trinajstić information content (AvgIpc) is 2.52. The van der Waals surface area contributed by atoms with Crippen molar-refractivity contribution in [1.29, 1.82) is 0 Å². The Bertz CT molecular complexity index is 687. The van der Waals surface area contributed by atoms with E-state index < -0.39 is 11.7 Å². The molecule has 4 nitrogen and oxygen atoms in total. The van der Waals surface area contributed by atoms with Crippen LogP contribution < -0.4 is 9.64 Å². The van der Waals surface area contributed by atoms with Crippen molar-refractivity contribution in [1.82, 2.24) is 9.97 Å². The molecule has 0 atom stereocenters. The van der Waals surface area contributed by atoms with E-state index in [1.807, 2.05) is 26.0 Å². The molecule has 0 bridgehead atoms. The number of rotatable bonds is 4. The number of methoxy groups -OCH3 is 1. The molecule has 0 fully saturated rings. The molecule has 7 heteroatoms. The summed E-state index contributed by atoms with van der Waals surface area (Å²) < 4.78 is 44.7. The highest BCUT2D eigenvalue weighted by Gasteiger charge is 2.37. The summed E-state index contributed by atoms with van der Waals surface area (Å²) in [6.07, 6.45) is -3.81. The molecule has 1 aromatic heterocycles. The number of hydrogen-bond donors (Lipinski definition) is 0. The third-order valence-electron chi connectivity index (χ3n) is 3.47. The minimum absolute atomic E-state index is 0.109. The molecule has 2 rings (SSSR count). The van der Waals surface area contributed by atoms with Crippen molar-refractivity contribution in [2.45, 2.75) is 25.9 Å². The summed E-state index contributed by atoms with van der Waals surface area (Å²) in [5.74, 6) is -0.0795. The van der Waals surface area contributed by atoms with Crippen molar-refractivity contribution in [3.8, 4) is 6.01 Å². The number of para-hydroxylation sites is 1. The molecule has 0 aliphatic rings. The van der Waals surface area contributed by atoms with Crippen LogP contribution in [0, 0.1) is 0 Å². The van der Waals surface area contributed by atoms with Gasteiger partial charge in [-0.1, -0.05) is 32.0 Å². The number of ether oxygens (including phenoxy) is 1. The van der Waals surface area contributed by atoms with Crippen LogP contribution in [0.2, 0.25) is 0 Å². The van der Waals surface area contributed by atoms with Gasteiger partial charge < -0.3 is 9.64 Å². The molecule has 0 unspecified atom stereocenters. The Morgan fingerprint density at radius 1 is 1.17 bits per heavy atom. The number of benzene rings is 1. The van der Waals surface area contributed by atoms with Crippen LogP contribution in [0.25, 0.3) is 0 Å². The topological polar surface area (TPSA) is 38.2 Å². The Labute approximate surface area is 132 Å². The van der Waals surface area contributed by atoms with Gasteiger partial charge in [0, 0.05) is 18.9 Å². The second-order valence-corrected chi connectivity index (χ2v) is 5.36. The van der Waals surface area contributed by atoms with Crippen molar-refractivity contribution in [3.05, 3.63) is 41.6 Å². The van der Waals surface area contributed by atoms with Gasteiger partial charge in [0.25, 0.3) is 0 Å². The minimum Gasteiger partial charge on any atom is -0.467 e. The number of aromatic nitrogens is 2. The molecule has 0 saturated heterocycles. The largest absolute Gasteiger partial charge is 0.467 e. The summed E-state index contributed by atoms with van der Waals surface area (Å²) in [7, 11) is 2.87. The molecule has 0 saturated carbocycles. The summed E-state index contributed by atoms with van der Waals surface area (Å²) in [6, 6.07) is 7.19. The second-order valence-electron chi connectivity index (χ2n) is 5.36. The molecule has 0 spiro atoms. The highest BCUT2D eigenvalue weighted by Crippen LogP contribution is 2.39. The predicted molar refractivity (Wildman–Crippen MR) is 82.2 cm³/mol. The molecule has 124 valence electrons. The fourth-order valence-electron chi connectivity index (χ4n) is 2.31. The summed E-state index contributed by atoms with van der Waals surface area (Å²) in [4.78, 5) is 8.90. The highest BCUT2D eigenvalue weighted by molar-refractivity contribution is 5.66. The summed E-state index contributed by atoms with van der Waals surface area (Å²) in [5, 5.41) is 0. The maximum absolute atomic E-state index is 13.3. The van der Waals surface area contributed by atoms with Crippen LogP contribution in [0.1, 0.15) is 30.9 Å². The van der Waals surface area contributed by atoms with Crippen LogP contribution in [-0.2, 0) is 6.18 Å². The van der Waals surface area contributed by atoms with Crippen molar-refractivity contribution in [2.75, 3.05) is 19.1 Å². The second kappa shape index (κ2) is 6.44. The van der Waals surface area contributed by atoms with E-state index in [0.29, 0.717) is 5.69 Å². The van der Waals surface area contributed by atoms with Gasteiger partial charge in [-0.3, -0.25) is 0 Å². The first-order valence-electron chi connectivity index (χ1n) is 7.06. The van der Waals surface area contributed by atoms with Crippen LogP contribution in [0.4, 0.5) is 24.7 Å². The van der Waals surface area contributed by atoms with E-state index in [9.17, 15) is 13.2 Å². The van der Waals surface area contributed by atoms with Gasteiger partial charge in [0.2, 0.25) is 0 Å². The molecular weight excluding hydrogens is 307 g/mol. The first kappa shape index (κ1) is 17.1. The zero-order chi connectivity index (χ0) is 17.2. The normalized spacial score (nSPS) is 11.7. The predicted octanol–water partition coefficient (Wildman–Crippen LogP) is 4.40. The summed E-state index contributed by atoms with van der Waals surface area (Å²) >= 11 is 0. The van der Waals surface area contributed by atoms with E-state index in [2.05, 4.69) is 9.97 Å². The fourth-order valence-corrected chi connectivity index (χ4v) is 2.31. The number of hydrogen-bond acceptors (Lipinski definition) is 4. The van der Waals surface area contributed by atoms with Crippen molar-refractivity contribution < 1.29 is 17.9 Å². The fraction of sp³-hybridized carbons (Fsp3) is 0.375. The van der Waals surface area contributed by atoms with E-state index in [1.165, 1.54) is 12.0 Å². The molecule has 23 heavy (non-hydrogen) atoms. The Kier molecular flexibility index (Phi) is 4.77. The number of anilines is 2. The quantitative estimate of drug-likeness (QED) is 0.835. The maximum Gasteiger partial charge on any atom is 0.421 e. The first-order valence-corrected chi connectivity index (χ1v) is 7.06. The highest BCUT2D eigenvalue weighted by atomic mass is 19.4. The SMILES string of the molecule is COc1ncc(C(F)(F)F)c(N(C)c2ccccc2C(C)C)n1. The summed E-state index contributed by atoms with van der Waals surface area (Å²) in [5.41, 5.74) is 0.689. The van der Waals surface area contributed by atoms with E-state index in [0.717, 1.165) is 11.8 Å². The third-order valence-corrected chi connectivity index (χ3v) is 3.47. The molecule has 0 amide bonds. The first-order chi connectivity index (χ1) is 10.8. The molecular formula is C16H18F3N3O. The lowest BCUT2D eigenvalue weighted by Gasteiger charge is -2.25. The van der Waals surface area contributed by atoms with Crippen LogP contribution in [0.3, 0.4) is 0 Å². The number of nitrogens with zero attached hydrogens (tertiary/aromatic N) is 3. The Balaban J connectivity index is 2.61. The van der Waals surface area contributed by atoms with Gasteiger partial charge in [0.15, 0.2) is 5.82 Å². The third kappa shape index (κ3) is 3.55. The van der Waals surface area contributed by atoms with E-state index in [-0.39, 0.29) is 17.7 Å². The average molecular weight is 325 g/mol.